The molecule has 20 heavy (non-hydrogen) atoms. The summed E-state index contributed by atoms with van der Waals surface area (Å²) in [4.78, 5) is 5.35. The van der Waals surface area contributed by atoms with Crippen molar-refractivity contribution in [3.8, 4) is 0 Å². The summed E-state index contributed by atoms with van der Waals surface area (Å²) in [6.45, 7) is 7.33. The van der Waals surface area contributed by atoms with Crippen molar-refractivity contribution < 1.29 is 4.84 Å². The fourth-order valence-electron chi connectivity index (χ4n) is 2.57. The zero-order chi connectivity index (χ0) is 12.8. The highest BCUT2D eigenvalue weighted by molar-refractivity contribution is 5.85. The second-order valence-electron chi connectivity index (χ2n) is 5.05. The van der Waals surface area contributed by atoms with E-state index in [1.54, 1.807) is 0 Å². The van der Waals surface area contributed by atoms with Crippen molar-refractivity contribution >= 4 is 30.5 Å². The molecule has 1 aliphatic heterocycles. The minimum Gasteiger partial charge on any atom is -0.317 e. The highest BCUT2D eigenvalue weighted by Crippen LogP contribution is 2.29. The first-order valence-electron chi connectivity index (χ1n) is 7.00. The number of piperidine rings is 1. The zero-order valence-electron chi connectivity index (χ0n) is 12.3. The van der Waals surface area contributed by atoms with Gasteiger partial charge >= 0.3 is 0 Å². The molecule has 1 heterocycles. The number of anilines is 1. The van der Waals surface area contributed by atoms with Gasteiger partial charge in [-0.3, -0.25) is 10.3 Å². The molecule has 3 nitrogen and oxygen atoms in total. The summed E-state index contributed by atoms with van der Waals surface area (Å²) >= 11 is 0. The summed E-state index contributed by atoms with van der Waals surface area (Å²) in [5, 5.41) is 3.42. The molecule has 1 saturated heterocycles. The summed E-state index contributed by atoms with van der Waals surface area (Å²) in [5.41, 5.74) is 6.92. The maximum atomic E-state index is 5.35. The van der Waals surface area contributed by atoms with Gasteiger partial charge in [0.25, 0.3) is 0 Å². The Hall–Kier alpha value is -0.480. The molecule has 116 valence electrons. The van der Waals surface area contributed by atoms with Crippen LogP contribution in [0.25, 0.3) is 0 Å². The van der Waals surface area contributed by atoms with Crippen LogP contribution in [0.5, 0.6) is 0 Å². The molecule has 1 aliphatic rings. The molecule has 5 heteroatoms. The van der Waals surface area contributed by atoms with E-state index in [0.717, 1.165) is 37.7 Å². The van der Waals surface area contributed by atoms with Crippen LogP contribution in [0.3, 0.4) is 0 Å². The van der Waals surface area contributed by atoms with Gasteiger partial charge in [-0.25, -0.2) is 0 Å². The predicted octanol–water partition coefficient (Wildman–Crippen LogP) is 4.06. The van der Waals surface area contributed by atoms with Gasteiger partial charge in [0.05, 0.1) is 12.3 Å². The summed E-state index contributed by atoms with van der Waals surface area (Å²) in [6.07, 6.45) is 3.53. The molecule has 2 rings (SSSR count). The van der Waals surface area contributed by atoms with Gasteiger partial charge in [-0.2, -0.15) is 0 Å². The molecule has 1 fully saturated rings. The lowest BCUT2D eigenvalue weighted by Crippen LogP contribution is -2.26. The number of rotatable bonds is 5. The molecule has 0 radical (unpaired) electrons. The lowest BCUT2D eigenvalue weighted by Gasteiger charge is -2.24. The Morgan fingerprint density at radius 2 is 1.95 bits per heavy atom. The Balaban J connectivity index is 0.00000180. The first-order chi connectivity index (χ1) is 8.81. The minimum absolute atomic E-state index is 0. The summed E-state index contributed by atoms with van der Waals surface area (Å²) in [5.74, 6) is 0.719. The van der Waals surface area contributed by atoms with Crippen LogP contribution in [-0.2, 0) is 4.84 Å². The molecule has 0 atom stereocenters. The summed E-state index contributed by atoms with van der Waals surface area (Å²) in [6, 6.07) is 6.57. The van der Waals surface area contributed by atoms with Crippen molar-refractivity contribution in [2.45, 2.75) is 39.0 Å². The third-order valence-electron chi connectivity index (χ3n) is 3.54. The number of hydrogen-bond acceptors (Lipinski definition) is 3. The number of benzene rings is 1. The van der Waals surface area contributed by atoms with E-state index >= 15 is 0 Å². The molecule has 0 spiro atoms. The van der Waals surface area contributed by atoms with Gasteiger partial charge in [0.2, 0.25) is 0 Å². The number of hydrogen-bond donors (Lipinski definition) is 2. The van der Waals surface area contributed by atoms with E-state index in [4.69, 9.17) is 4.84 Å². The van der Waals surface area contributed by atoms with Gasteiger partial charge in [0.1, 0.15) is 0 Å². The van der Waals surface area contributed by atoms with Crippen molar-refractivity contribution in [2.24, 2.45) is 0 Å². The second kappa shape index (κ2) is 10.3. The Morgan fingerprint density at radius 3 is 2.55 bits per heavy atom. The molecule has 0 aliphatic carbocycles. The first kappa shape index (κ1) is 19.5. The smallest absolute Gasteiger partial charge is 0.0743 e. The Morgan fingerprint density at radius 1 is 1.25 bits per heavy atom. The molecule has 0 bridgehead atoms. The molecule has 2 N–H and O–H groups in total. The fourth-order valence-corrected chi connectivity index (χ4v) is 2.57. The van der Waals surface area contributed by atoms with Crippen LogP contribution in [-0.4, -0.2) is 19.7 Å². The van der Waals surface area contributed by atoms with Gasteiger partial charge in [0, 0.05) is 0 Å². The molecule has 1 aromatic rings. The summed E-state index contributed by atoms with van der Waals surface area (Å²) < 4.78 is 0. The topological polar surface area (TPSA) is 33.3 Å². The number of aryl methyl sites for hydroxylation is 1. The second-order valence-corrected chi connectivity index (χ2v) is 5.05. The Labute approximate surface area is 134 Å². The van der Waals surface area contributed by atoms with E-state index < -0.39 is 0 Å². The zero-order valence-corrected chi connectivity index (χ0v) is 13.9. The van der Waals surface area contributed by atoms with Crippen LogP contribution in [0.2, 0.25) is 0 Å². The van der Waals surface area contributed by atoms with Crippen molar-refractivity contribution in [1.29, 1.82) is 0 Å². The SMILES string of the molecule is CCCONc1ccc(C2CCNCC2)c(C)c1.Cl.Cl. The summed E-state index contributed by atoms with van der Waals surface area (Å²) in [7, 11) is 0. The highest BCUT2D eigenvalue weighted by Gasteiger charge is 2.16. The molecular formula is C15H26Cl2N2O. The molecule has 1 aromatic carbocycles. The van der Waals surface area contributed by atoms with E-state index in [-0.39, 0.29) is 24.8 Å². The lowest BCUT2D eigenvalue weighted by atomic mass is 9.87. The van der Waals surface area contributed by atoms with Gasteiger partial charge in [-0.15, -0.1) is 24.8 Å². The molecule has 0 aromatic heterocycles. The Bertz CT molecular complexity index is 382. The van der Waals surface area contributed by atoms with E-state index in [2.05, 4.69) is 42.8 Å². The van der Waals surface area contributed by atoms with E-state index in [1.807, 2.05) is 0 Å². The maximum Gasteiger partial charge on any atom is 0.0743 e. The first-order valence-corrected chi connectivity index (χ1v) is 7.00. The maximum absolute atomic E-state index is 5.35. The van der Waals surface area contributed by atoms with Crippen molar-refractivity contribution in [1.82, 2.24) is 5.32 Å². The van der Waals surface area contributed by atoms with Crippen molar-refractivity contribution in [3.63, 3.8) is 0 Å². The quantitative estimate of drug-likeness (QED) is 0.634. The lowest BCUT2D eigenvalue weighted by molar-refractivity contribution is 0.194. The molecule has 0 unspecified atom stereocenters. The van der Waals surface area contributed by atoms with Crippen LogP contribution in [0.1, 0.15) is 43.2 Å². The highest BCUT2D eigenvalue weighted by atomic mass is 35.5. The van der Waals surface area contributed by atoms with Crippen molar-refractivity contribution in [3.05, 3.63) is 29.3 Å². The van der Waals surface area contributed by atoms with E-state index in [1.165, 1.54) is 24.0 Å². The van der Waals surface area contributed by atoms with E-state index in [9.17, 15) is 0 Å². The Kier molecular flexibility index (Phi) is 10.0. The minimum atomic E-state index is 0. The average molecular weight is 321 g/mol. The van der Waals surface area contributed by atoms with Gasteiger partial charge in [0.15, 0.2) is 0 Å². The largest absolute Gasteiger partial charge is 0.317 e. The molecule has 0 amide bonds. The van der Waals surface area contributed by atoms with E-state index in [0.29, 0.717) is 0 Å². The van der Waals surface area contributed by atoms with Crippen molar-refractivity contribution in [2.75, 3.05) is 25.2 Å². The normalized spacial score (nSPS) is 15.1. The van der Waals surface area contributed by atoms with Gasteiger partial charge in [-0.05, 0) is 68.5 Å². The third kappa shape index (κ3) is 5.49. The molecular weight excluding hydrogens is 295 g/mol. The van der Waals surface area contributed by atoms with Gasteiger partial charge < -0.3 is 5.32 Å². The number of nitrogens with one attached hydrogen (secondary N) is 2. The fraction of sp³-hybridized carbons (Fsp3) is 0.600. The van der Waals surface area contributed by atoms with Gasteiger partial charge in [-0.1, -0.05) is 13.0 Å². The standard InChI is InChI=1S/C15H24N2O.2ClH/c1-3-10-18-17-14-4-5-15(12(2)11-14)13-6-8-16-9-7-13;;/h4-5,11,13,16-17H,3,6-10H2,1-2H3;2*1H. The van der Waals surface area contributed by atoms with Crippen LogP contribution in [0, 0.1) is 6.92 Å². The predicted molar refractivity (Wildman–Crippen MR) is 90.4 cm³/mol. The van der Waals surface area contributed by atoms with Crippen LogP contribution < -0.4 is 10.8 Å². The van der Waals surface area contributed by atoms with Crippen LogP contribution in [0.15, 0.2) is 18.2 Å². The van der Waals surface area contributed by atoms with Crippen LogP contribution in [0.4, 0.5) is 5.69 Å². The number of halogens is 2. The molecule has 0 saturated carbocycles. The van der Waals surface area contributed by atoms with Crippen LogP contribution >= 0.6 is 24.8 Å². The third-order valence-corrected chi connectivity index (χ3v) is 3.54. The average Bonchev–Trinajstić information content (AvgIpc) is 2.40. The monoisotopic (exact) mass is 320 g/mol.